The van der Waals surface area contributed by atoms with Gasteiger partial charge in [-0.3, -0.25) is 4.90 Å². The van der Waals surface area contributed by atoms with Crippen LogP contribution in [-0.2, 0) is 6.54 Å². The molecule has 8 heteroatoms. The minimum absolute atomic E-state index is 0.0850. The number of nitrogens with one attached hydrogen (secondary N) is 1. The number of benzene rings is 2. The number of nitrogens with zero attached hydrogens (tertiary/aromatic N) is 3. The lowest BCUT2D eigenvalue weighted by Crippen LogP contribution is -2.49. The zero-order chi connectivity index (χ0) is 23.2. The van der Waals surface area contributed by atoms with Crippen LogP contribution in [0.4, 0.5) is 10.5 Å². The molecule has 1 saturated heterocycles. The third kappa shape index (κ3) is 5.64. The summed E-state index contributed by atoms with van der Waals surface area (Å²) in [5.74, 6) is 3.02. The lowest BCUT2D eigenvalue weighted by molar-refractivity contribution is 0.141. The van der Waals surface area contributed by atoms with Crippen LogP contribution < -0.4 is 14.8 Å². The number of ether oxygens (including phenoxy) is 2. The molecular weight excluding hydrogens is 420 g/mol. The molecule has 0 radical (unpaired) electrons. The Kier molecular flexibility index (Phi) is 7.14. The van der Waals surface area contributed by atoms with Gasteiger partial charge in [0.05, 0.1) is 19.4 Å². The number of methoxy groups -OCH3 is 1. The molecule has 8 nitrogen and oxygen atoms in total. The number of piperazine rings is 1. The van der Waals surface area contributed by atoms with Crippen LogP contribution in [0.1, 0.15) is 18.4 Å². The second-order valence-corrected chi connectivity index (χ2v) is 7.90. The van der Waals surface area contributed by atoms with Gasteiger partial charge in [0.25, 0.3) is 0 Å². The average Bonchev–Trinajstić information content (AvgIpc) is 3.21. The number of rotatable bonds is 7. The smallest absolute Gasteiger partial charge is 0.321 e. The van der Waals surface area contributed by atoms with Crippen molar-refractivity contribution in [3.8, 4) is 23.0 Å². The molecule has 0 saturated carbocycles. The largest absolute Gasteiger partial charge is 0.497 e. The Bertz CT molecular complexity index is 1060. The van der Waals surface area contributed by atoms with Gasteiger partial charge in [-0.25, -0.2) is 9.78 Å². The first-order chi connectivity index (χ1) is 16.1. The summed E-state index contributed by atoms with van der Waals surface area (Å²) in [6.45, 7) is 8.07. The maximum absolute atomic E-state index is 12.6. The quantitative estimate of drug-likeness (QED) is 0.575. The molecule has 2 aromatic carbocycles. The molecular formula is C25H30N4O4. The first-order valence-corrected chi connectivity index (χ1v) is 11.2. The van der Waals surface area contributed by atoms with Crippen LogP contribution in [0.2, 0.25) is 0 Å². The van der Waals surface area contributed by atoms with Crippen molar-refractivity contribution in [3.05, 3.63) is 60.0 Å². The van der Waals surface area contributed by atoms with Crippen LogP contribution in [0.25, 0.3) is 11.5 Å². The van der Waals surface area contributed by atoms with Crippen molar-refractivity contribution in [1.29, 1.82) is 0 Å². The minimum Gasteiger partial charge on any atom is -0.497 e. The van der Waals surface area contributed by atoms with E-state index in [9.17, 15) is 4.79 Å². The first kappa shape index (κ1) is 22.7. The molecule has 33 heavy (non-hydrogen) atoms. The second kappa shape index (κ2) is 10.4. The lowest BCUT2D eigenvalue weighted by atomic mass is 10.2. The van der Waals surface area contributed by atoms with E-state index in [1.54, 1.807) is 7.11 Å². The van der Waals surface area contributed by atoms with E-state index in [2.05, 4.69) is 10.2 Å². The maximum Gasteiger partial charge on any atom is 0.321 e. The van der Waals surface area contributed by atoms with E-state index in [0.717, 1.165) is 47.3 Å². The number of carbonyl (C=O) groups is 1. The number of amides is 2. The van der Waals surface area contributed by atoms with Crippen LogP contribution in [0, 0.1) is 6.92 Å². The van der Waals surface area contributed by atoms with E-state index in [-0.39, 0.29) is 6.03 Å². The third-order valence-electron chi connectivity index (χ3n) is 5.68. The summed E-state index contributed by atoms with van der Waals surface area (Å²) >= 11 is 0. The van der Waals surface area contributed by atoms with Crippen LogP contribution in [0.5, 0.6) is 11.5 Å². The van der Waals surface area contributed by atoms with Crippen LogP contribution in [-0.4, -0.2) is 60.7 Å². The van der Waals surface area contributed by atoms with Gasteiger partial charge in [-0.05, 0) is 62.4 Å². The van der Waals surface area contributed by atoms with Crippen LogP contribution >= 0.6 is 0 Å². The first-order valence-electron chi connectivity index (χ1n) is 11.2. The van der Waals surface area contributed by atoms with Gasteiger partial charge in [0.1, 0.15) is 17.3 Å². The molecule has 0 unspecified atom stereocenters. The van der Waals surface area contributed by atoms with Crippen molar-refractivity contribution in [3.63, 3.8) is 0 Å². The second-order valence-electron chi connectivity index (χ2n) is 7.90. The summed E-state index contributed by atoms with van der Waals surface area (Å²) in [6.07, 6.45) is 0. The highest BCUT2D eigenvalue weighted by molar-refractivity contribution is 5.89. The highest BCUT2D eigenvalue weighted by Gasteiger charge is 2.23. The van der Waals surface area contributed by atoms with Gasteiger partial charge >= 0.3 is 6.03 Å². The number of anilines is 1. The number of urea groups is 1. The highest BCUT2D eigenvalue weighted by Crippen LogP contribution is 2.25. The predicted molar refractivity (Wildman–Crippen MR) is 127 cm³/mol. The number of aromatic nitrogens is 1. The van der Waals surface area contributed by atoms with E-state index in [1.807, 2.05) is 67.3 Å². The predicted octanol–water partition coefficient (Wildman–Crippen LogP) is 4.41. The van der Waals surface area contributed by atoms with Crippen LogP contribution in [0.3, 0.4) is 0 Å². The lowest BCUT2D eigenvalue weighted by Gasteiger charge is -2.34. The Hall–Kier alpha value is -3.52. The summed E-state index contributed by atoms with van der Waals surface area (Å²) in [5.41, 5.74) is 2.60. The summed E-state index contributed by atoms with van der Waals surface area (Å²) in [6, 6.07) is 15.0. The van der Waals surface area contributed by atoms with E-state index in [0.29, 0.717) is 32.1 Å². The fourth-order valence-corrected chi connectivity index (χ4v) is 3.76. The Morgan fingerprint density at radius 2 is 1.70 bits per heavy atom. The molecule has 0 aliphatic carbocycles. The number of hydrogen-bond acceptors (Lipinski definition) is 6. The molecule has 2 heterocycles. The average molecular weight is 451 g/mol. The molecule has 4 rings (SSSR count). The zero-order valence-corrected chi connectivity index (χ0v) is 19.3. The SMILES string of the molecule is CCOc1ccc(NC(=O)N2CCN(Cc3nc(-c4ccc(OC)cc4)oc3C)CC2)cc1. The molecule has 2 amide bonds. The highest BCUT2D eigenvalue weighted by atomic mass is 16.5. The van der Waals surface area contributed by atoms with Crippen molar-refractivity contribution in [1.82, 2.24) is 14.8 Å². The van der Waals surface area contributed by atoms with E-state index in [1.165, 1.54) is 0 Å². The minimum atomic E-state index is -0.0850. The van der Waals surface area contributed by atoms with E-state index >= 15 is 0 Å². The normalized spacial score (nSPS) is 14.2. The molecule has 1 aliphatic rings. The molecule has 1 aliphatic heterocycles. The fourth-order valence-electron chi connectivity index (χ4n) is 3.76. The van der Waals surface area contributed by atoms with Gasteiger partial charge in [0.15, 0.2) is 0 Å². The summed E-state index contributed by atoms with van der Waals surface area (Å²) in [4.78, 5) is 21.5. The molecule has 1 N–H and O–H groups in total. The number of hydrogen-bond donors (Lipinski definition) is 1. The molecule has 0 atom stereocenters. The number of aryl methyl sites for hydroxylation is 1. The topological polar surface area (TPSA) is 80.1 Å². The number of oxazole rings is 1. The molecule has 174 valence electrons. The van der Waals surface area contributed by atoms with Gasteiger partial charge < -0.3 is 24.1 Å². The van der Waals surface area contributed by atoms with Crippen LogP contribution in [0.15, 0.2) is 52.9 Å². The third-order valence-corrected chi connectivity index (χ3v) is 5.68. The Balaban J connectivity index is 1.29. The maximum atomic E-state index is 12.6. The zero-order valence-electron chi connectivity index (χ0n) is 19.3. The van der Waals surface area contributed by atoms with Gasteiger partial charge in [0.2, 0.25) is 5.89 Å². The van der Waals surface area contributed by atoms with Crippen molar-refractivity contribution in [2.45, 2.75) is 20.4 Å². The monoisotopic (exact) mass is 450 g/mol. The molecule has 1 fully saturated rings. The Morgan fingerprint density at radius 3 is 2.33 bits per heavy atom. The Morgan fingerprint density at radius 1 is 1.03 bits per heavy atom. The van der Waals surface area contributed by atoms with Crippen molar-refractivity contribution in [2.24, 2.45) is 0 Å². The van der Waals surface area contributed by atoms with Gasteiger partial charge in [-0.15, -0.1) is 0 Å². The van der Waals surface area contributed by atoms with Gasteiger partial charge in [-0.1, -0.05) is 0 Å². The van der Waals surface area contributed by atoms with Gasteiger partial charge in [-0.2, -0.15) is 0 Å². The summed E-state index contributed by atoms with van der Waals surface area (Å²) in [7, 11) is 1.64. The van der Waals surface area contributed by atoms with E-state index < -0.39 is 0 Å². The standard InChI is InChI=1S/C25H30N4O4/c1-4-32-22-11-7-20(8-12-22)26-25(30)29-15-13-28(14-16-29)17-23-18(2)33-24(27-23)19-5-9-21(31-3)10-6-19/h5-12H,4,13-17H2,1-3H3,(H,26,30). The number of carbonyl (C=O) groups excluding carboxylic acids is 1. The van der Waals surface area contributed by atoms with Crippen molar-refractivity contribution >= 4 is 11.7 Å². The van der Waals surface area contributed by atoms with Gasteiger partial charge in [0, 0.05) is 44.0 Å². The molecule has 1 aromatic heterocycles. The fraction of sp³-hybridized carbons (Fsp3) is 0.360. The molecule has 0 spiro atoms. The summed E-state index contributed by atoms with van der Waals surface area (Å²) < 4.78 is 16.6. The Labute approximate surface area is 194 Å². The van der Waals surface area contributed by atoms with Crippen molar-refractivity contribution < 1.29 is 18.7 Å². The summed E-state index contributed by atoms with van der Waals surface area (Å²) in [5, 5.41) is 2.96. The molecule has 3 aromatic rings. The molecule has 0 bridgehead atoms. The van der Waals surface area contributed by atoms with E-state index in [4.69, 9.17) is 18.9 Å². The van der Waals surface area contributed by atoms with Crippen molar-refractivity contribution in [2.75, 3.05) is 45.2 Å².